The number of hydrogen-bond donors (Lipinski definition) is 1. The maximum Gasteiger partial charge on any atom is 0.251 e. The molecular weight excluding hydrogens is 369 g/mol. The normalized spacial score (nSPS) is 14.0. The van der Waals surface area contributed by atoms with E-state index in [9.17, 15) is 9.18 Å². The second-order valence-electron chi connectivity index (χ2n) is 6.87. The Labute approximate surface area is 169 Å². The lowest BCUT2D eigenvalue weighted by Gasteiger charge is -2.36. The van der Waals surface area contributed by atoms with Gasteiger partial charge in [0.1, 0.15) is 11.6 Å². The van der Waals surface area contributed by atoms with Gasteiger partial charge in [0.2, 0.25) is 0 Å². The van der Waals surface area contributed by atoms with E-state index in [1.807, 2.05) is 23.1 Å². The number of aromatic nitrogens is 2. The van der Waals surface area contributed by atoms with Crippen molar-refractivity contribution in [2.45, 2.75) is 6.54 Å². The number of anilines is 2. The lowest BCUT2D eigenvalue weighted by atomic mass is 10.2. The summed E-state index contributed by atoms with van der Waals surface area (Å²) >= 11 is 0. The van der Waals surface area contributed by atoms with Crippen LogP contribution in [-0.4, -0.2) is 42.1 Å². The van der Waals surface area contributed by atoms with Gasteiger partial charge in [-0.3, -0.25) is 9.78 Å². The molecule has 0 bridgehead atoms. The van der Waals surface area contributed by atoms with Gasteiger partial charge in [0.15, 0.2) is 0 Å². The van der Waals surface area contributed by atoms with Crippen molar-refractivity contribution in [1.29, 1.82) is 0 Å². The highest BCUT2D eigenvalue weighted by Crippen LogP contribution is 2.22. The number of rotatable bonds is 5. The number of pyridine rings is 2. The maximum absolute atomic E-state index is 14.0. The molecule has 1 fully saturated rings. The molecular formula is C22H22FN5O. The zero-order valence-electron chi connectivity index (χ0n) is 16.0. The van der Waals surface area contributed by atoms with Crippen LogP contribution in [0.1, 0.15) is 15.9 Å². The first-order valence-corrected chi connectivity index (χ1v) is 9.58. The SMILES string of the molecule is O=C(NCc1cccnc1)c1ccnc(N2CCN(c3ccccc3F)CC2)c1. The smallest absolute Gasteiger partial charge is 0.251 e. The number of benzene rings is 1. The first-order valence-electron chi connectivity index (χ1n) is 9.58. The van der Waals surface area contributed by atoms with Crippen LogP contribution in [0.5, 0.6) is 0 Å². The Bertz CT molecular complexity index is 974. The number of nitrogens with zero attached hydrogens (tertiary/aromatic N) is 4. The van der Waals surface area contributed by atoms with Crippen LogP contribution in [-0.2, 0) is 6.54 Å². The second kappa shape index (κ2) is 8.68. The Balaban J connectivity index is 1.38. The van der Waals surface area contributed by atoms with Gasteiger partial charge in [-0.2, -0.15) is 0 Å². The van der Waals surface area contributed by atoms with Gasteiger partial charge in [-0.05, 0) is 35.9 Å². The van der Waals surface area contributed by atoms with Crippen molar-refractivity contribution in [2.24, 2.45) is 0 Å². The van der Waals surface area contributed by atoms with Crippen molar-refractivity contribution < 1.29 is 9.18 Å². The summed E-state index contributed by atoms with van der Waals surface area (Å²) in [5, 5.41) is 2.91. The summed E-state index contributed by atoms with van der Waals surface area (Å²) in [5.41, 5.74) is 2.14. The molecule has 2 aromatic heterocycles. The average molecular weight is 391 g/mol. The summed E-state index contributed by atoms with van der Waals surface area (Å²) in [4.78, 5) is 25.1. The molecule has 3 heterocycles. The number of amides is 1. The molecule has 1 aromatic carbocycles. The van der Waals surface area contributed by atoms with Crippen LogP contribution in [0.4, 0.5) is 15.9 Å². The molecule has 4 rings (SSSR count). The molecule has 1 amide bonds. The van der Waals surface area contributed by atoms with Crippen molar-refractivity contribution in [1.82, 2.24) is 15.3 Å². The lowest BCUT2D eigenvalue weighted by Crippen LogP contribution is -2.47. The topological polar surface area (TPSA) is 61.4 Å². The fourth-order valence-corrected chi connectivity index (χ4v) is 3.40. The maximum atomic E-state index is 14.0. The highest BCUT2D eigenvalue weighted by atomic mass is 19.1. The van der Waals surface area contributed by atoms with Crippen LogP contribution in [0.15, 0.2) is 67.1 Å². The van der Waals surface area contributed by atoms with E-state index in [-0.39, 0.29) is 11.7 Å². The molecule has 6 nitrogen and oxygen atoms in total. The van der Waals surface area contributed by atoms with E-state index in [4.69, 9.17) is 0 Å². The van der Waals surface area contributed by atoms with Gasteiger partial charge in [0.25, 0.3) is 5.91 Å². The molecule has 1 aliphatic heterocycles. The summed E-state index contributed by atoms with van der Waals surface area (Å²) in [6.45, 7) is 3.23. The van der Waals surface area contributed by atoms with Gasteiger partial charge in [-0.15, -0.1) is 0 Å². The van der Waals surface area contributed by atoms with Crippen LogP contribution in [0.3, 0.4) is 0 Å². The molecule has 0 saturated carbocycles. The van der Waals surface area contributed by atoms with Gasteiger partial charge >= 0.3 is 0 Å². The number of hydrogen-bond acceptors (Lipinski definition) is 5. The van der Waals surface area contributed by atoms with Crippen molar-refractivity contribution >= 4 is 17.4 Å². The number of halogens is 1. The van der Waals surface area contributed by atoms with Crippen molar-refractivity contribution in [3.05, 3.63) is 84.1 Å². The third-order valence-corrected chi connectivity index (χ3v) is 4.98. The van der Waals surface area contributed by atoms with Crippen molar-refractivity contribution in [3.63, 3.8) is 0 Å². The van der Waals surface area contributed by atoms with Crippen LogP contribution in [0.2, 0.25) is 0 Å². The summed E-state index contributed by atoms with van der Waals surface area (Å²) in [7, 11) is 0. The highest BCUT2D eigenvalue weighted by molar-refractivity contribution is 5.94. The van der Waals surface area contributed by atoms with Gasteiger partial charge in [-0.25, -0.2) is 9.37 Å². The lowest BCUT2D eigenvalue weighted by molar-refractivity contribution is 0.0951. The van der Waals surface area contributed by atoms with Crippen LogP contribution < -0.4 is 15.1 Å². The molecule has 148 valence electrons. The molecule has 1 N–H and O–H groups in total. The highest BCUT2D eigenvalue weighted by Gasteiger charge is 2.20. The molecule has 0 unspecified atom stereocenters. The fraction of sp³-hybridized carbons (Fsp3) is 0.227. The third kappa shape index (κ3) is 4.51. The van der Waals surface area contributed by atoms with Gasteiger partial charge in [0.05, 0.1) is 5.69 Å². The predicted molar refractivity (Wildman–Crippen MR) is 110 cm³/mol. The summed E-state index contributed by atoms with van der Waals surface area (Å²) in [6, 6.07) is 14.1. The minimum absolute atomic E-state index is 0.150. The molecule has 7 heteroatoms. The van der Waals surface area contributed by atoms with Crippen molar-refractivity contribution in [2.75, 3.05) is 36.0 Å². The van der Waals surface area contributed by atoms with E-state index in [0.717, 1.165) is 11.4 Å². The Morgan fingerprint density at radius 3 is 2.55 bits per heavy atom. The first kappa shape index (κ1) is 18.9. The largest absolute Gasteiger partial charge is 0.366 e. The Hall–Kier alpha value is -3.48. The number of carbonyl (C=O) groups is 1. The molecule has 3 aromatic rings. The van der Waals surface area contributed by atoms with E-state index in [0.29, 0.717) is 44.0 Å². The average Bonchev–Trinajstić information content (AvgIpc) is 2.79. The van der Waals surface area contributed by atoms with Crippen LogP contribution >= 0.6 is 0 Å². The van der Waals surface area contributed by atoms with Crippen LogP contribution in [0, 0.1) is 5.82 Å². The van der Waals surface area contributed by atoms with Crippen LogP contribution in [0.25, 0.3) is 0 Å². The third-order valence-electron chi connectivity index (χ3n) is 4.98. The summed E-state index contributed by atoms with van der Waals surface area (Å²) in [6.07, 6.45) is 5.08. The molecule has 0 atom stereocenters. The molecule has 0 aliphatic carbocycles. The Morgan fingerprint density at radius 2 is 1.79 bits per heavy atom. The quantitative estimate of drug-likeness (QED) is 0.725. The monoisotopic (exact) mass is 391 g/mol. The first-order chi connectivity index (χ1) is 14.2. The standard InChI is InChI=1S/C22H22FN5O/c23-19-5-1-2-6-20(19)27-10-12-28(13-11-27)21-14-18(7-9-25-21)22(29)26-16-17-4-3-8-24-15-17/h1-9,14-15H,10-13,16H2,(H,26,29). The van der Waals surface area contributed by atoms with E-state index >= 15 is 0 Å². The molecule has 29 heavy (non-hydrogen) atoms. The van der Waals surface area contributed by atoms with Crippen molar-refractivity contribution in [3.8, 4) is 0 Å². The van der Waals surface area contributed by atoms with E-state index in [1.165, 1.54) is 6.07 Å². The minimum Gasteiger partial charge on any atom is -0.366 e. The predicted octanol–water partition coefficient (Wildman–Crippen LogP) is 2.87. The molecule has 0 spiro atoms. The molecule has 1 aliphatic rings. The summed E-state index contributed by atoms with van der Waals surface area (Å²) < 4.78 is 14.0. The van der Waals surface area contributed by atoms with E-state index < -0.39 is 0 Å². The minimum atomic E-state index is -0.202. The van der Waals surface area contributed by atoms with E-state index in [2.05, 4.69) is 20.2 Å². The number of para-hydroxylation sites is 1. The second-order valence-corrected chi connectivity index (χ2v) is 6.87. The summed E-state index contributed by atoms with van der Waals surface area (Å²) in [5.74, 6) is 0.404. The Kier molecular flexibility index (Phi) is 5.65. The zero-order valence-corrected chi connectivity index (χ0v) is 16.0. The van der Waals surface area contributed by atoms with Gasteiger partial charge in [-0.1, -0.05) is 18.2 Å². The van der Waals surface area contributed by atoms with Gasteiger partial charge < -0.3 is 15.1 Å². The fourth-order valence-electron chi connectivity index (χ4n) is 3.40. The van der Waals surface area contributed by atoms with Gasteiger partial charge in [0, 0.05) is 56.9 Å². The van der Waals surface area contributed by atoms with E-state index in [1.54, 1.807) is 42.9 Å². The number of carbonyl (C=O) groups excluding carboxylic acids is 1. The number of piperazine rings is 1. The Morgan fingerprint density at radius 1 is 1.00 bits per heavy atom. The molecule has 1 saturated heterocycles. The number of nitrogens with one attached hydrogen (secondary N) is 1. The zero-order chi connectivity index (χ0) is 20.1. The molecule has 0 radical (unpaired) electrons.